The van der Waals surface area contributed by atoms with Gasteiger partial charge in [-0.3, -0.25) is 9.59 Å². The number of amides is 1. The van der Waals surface area contributed by atoms with Crippen LogP contribution in [-0.2, 0) is 6.54 Å². The minimum Gasteiger partial charge on any atom is -0.357 e. The Morgan fingerprint density at radius 3 is 2.52 bits per heavy atom. The molecule has 0 spiro atoms. The van der Waals surface area contributed by atoms with Gasteiger partial charge >= 0.3 is 0 Å². The van der Waals surface area contributed by atoms with E-state index in [9.17, 15) is 9.59 Å². The number of hydrogen-bond acceptors (Lipinski definition) is 5. The minimum absolute atomic E-state index is 0.0178. The van der Waals surface area contributed by atoms with Crippen molar-refractivity contribution in [3.05, 3.63) is 45.8 Å². The van der Waals surface area contributed by atoms with Gasteiger partial charge in [0.05, 0.1) is 9.75 Å². The van der Waals surface area contributed by atoms with Crippen LogP contribution in [-0.4, -0.2) is 29.8 Å². The van der Waals surface area contributed by atoms with Crippen LogP contribution in [0, 0.1) is 0 Å². The number of nitrogens with zero attached hydrogens (tertiary/aromatic N) is 2. The van der Waals surface area contributed by atoms with Crippen LogP contribution in [0.2, 0.25) is 0 Å². The summed E-state index contributed by atoms with van der Waals surface area (Å²) in [5, 5.41) is 2.86. The van der Waals surface area contributed by atoms with Crippen molar-refractivity contribution in [1.82, 2.24) is 10.3 Å². The maximum Gasteiger partial charge on any atom is 0.261 e. The van der Waals surface area contributed by atoms with Gasteiger partial charge in [0.1, 0.15) is 5.82 Å². The number of Topliss-reactive ketones (excluding diaryl/α,β-unsaturated/α-hetero) is 1. The van der Waals surface area contributed by atoms with Gasteiger partial charge in [0, 0.05) is 25.8 Å². The van der Waals surface area contributed by atoms with Gasteiger partial charge in [-0.05, 0) is 43.5 Å². The Morgan fingerprint density at radius 2 is 1.91 bits per heavy atom. The number of ketones is 1. The highest BCUT2D eigenvalue weighted by atomic mass is 32.1. The van der Waals surface area contributed by atoms with E-state index in [1.54, 1.807) is 12.1 Å². The molecular formula is C17H19N3O2S. The van der Waals surface area contributed by atoms with Gasteiger partial charge in [0.25, 0.3) is 5.91 Å². The van der Waals surface area contributed by atoms with Gasteiger partial charge in [0.15, 0.2) is 5.78 Å². The molecule has 2 aromatic rings. The molecule has 5 nitrogen and oxygen atoms in total. The molecule has 1 amide bonds. The fourth-order valence-corrected chi connectivity index (χ4v) is 3.39. The van der Waals surface area contributed by atoms with Crippen molar-refractivity contribution in [1.29, 1.82) is 0 Å². The van der Waals surface area contributed by atoms with Crippen molar-refractivity contribution in [2.24, 2.45) is 0 Å². The van der Waals surface area contributed by atoms with Crippen molar-refractivity contribution in [2.75, 3.05) is 18.0 Å². The minimum atomic E-state index is -0.161. The van der Waals surface area contributed by atoms with E-state index in [1.807, 2.05) is 18.3 Å². The Kier molecular flexibility index (Phi) is 4.71. The van der Waals surface area contributed by atoms with E-state index >= 15 is 0 Å². The summed E-state index contributed by atoms with van der Waals surface area (Å²) in [6.45, 7) is 4.07. The Hall–Kier alpha value is -2.21. The predicted octanol–water partition coefficient (Wildman–Crippen LogP) is 2.88. The third-order valence-electron chi connectivity index (χ3n) is 3.87. The summed E-state index contributed by atoms with van der Waals surface area (Å²) in [4.78, 5) is 31.3. The van der Waals surface area contributed by atoms with Crippen molar-refractivity contribution < 1.29 is 9.59 Å². The average molecular weight is 329 g/mol. The molecule has 1 fully saturated rings. The summed E-state index contributed by atoms with van der Waals surface area (Å²) in [6.07, 6.45) is 4.26. The zero-order chi connectivity index (χ0) is 16.2. The third-order valence-corrected chi connectivity index (χ3v) is 5.05. The highest BCUT2D eigenvalue weighted by molar-refractivity contribution is 7.15. The molecule has 1 saturated heterocycles. The van der Waals surface area contributed by atoms with E-state index in [0.717, 1.165) is 24.5 Å². The van der Waals surface area contributed by atoms with Crippen molar-refractivity contribution in [3.8, 4) is 0 Å². The fraction of sp³-hybridized carbons (Fsp3) is 0.353. The molecule has 120 valence electrons. The number of carbonyl (C=O) groups excluding carboxylic acids is 2. The number of nitrogens with one attached hydrogen (secondary N) is 1. The number of anilines is 1. The first-order chi connectivity index (χ1) is 11.1. The molecule has 0 atom stereocenters. The van der Waals surface area contributed by atoms with Crippen molar-refractivity contribution in [3.63, 3.8) is 0 Å². The monoisotopic (exact) mass is 329 g/mol. The summed E-state index contributed by atoms with van der Waals surface area (Å²) in [7, 11) is 0. The van der Waals surface area contributed by atoms with Crippen LogP contribution in [0.1, 0.15) is 44.7 Å². The van der Waals surface area contributed by atoms with Gasteiger partial charge in [-0.25, -0.2) is 4.98 Å². The maximum absolute atomic E-state index is 12.1. The van der Waals surface area contributed by atoms with E-state index < -0.39 is 0 Å². The SMILES string of the molecule is CC(=O)c1ccc(C(=O)NCc2ccc(N3CCCC3)nc2)s1. The normalized spacial score (nSPS) is 14.0. The maximum atomic E-state index is 12.1. The smallest absolute Gasteiger partial charge is 0.261 e. The lowest BCUT2D eigenvalue weighted by Crippen LogP contribution is -2.22. The van der Waals surface area contributed by atoms with Crippen LogP contribution < -0.4 is 10.2 Å². The molecule has 1 aliphatic heterocycles. The number of pyridine rings is 1. The van der Waals surface area contributed by atoms with Gasteiger partial charge < -0.3 is 10.2 Å². The second-order valence-electron chi connectivity index (χ2n) is 5.62. The summed E-state index contributed by atoms with van der Waals surface area (Å²) in [6, 6.07) is 7.38. The van der Waals surface area contributed by atoms with Gasteiger partial charge in [-0.1, -0.05) is 6.07 Å². The number of thiophene rings is 1. The van der Waals surface area contributed by atoms with Gasteiger partial charge in [-0.15, -0.1) is 11.3 Å². The number of carbonyl (C=O) groups is 2. The summed E-state index contributed by atoms with van der Waals surface area (Å²) in [5.41, 5.74) is 0.963. The predicted molar refractivity (Wildman–Crippen MR) is 91.2 cm³/mol. The second-order valence-corrected chi connectivity index (χ2v) is 6.71. The molecule has 23 heavy (non-hydrogen) atoms. The first kappa shape index (κ1) is 15.7. The molecule has 0 aromatic carbocycles. The molecule has 6 heteroatoms. The lowest BCUT2D eigenvalue weighted by molar-refractivity contribution is 0.0954. The summed E-state index contributed by atoms with van der Waals surface area (Å²) < 4.78 is 0. The van der Waals surface area contributed by atoms with Gasteiger partial charge in [0.2, 0.25) is 0 Å². The number of aromatic nitrogens is 1. The second kappa shape index (κ2) is 6.91. The standard InChI is InChI=1S/C17H19N3O2S/c1-12(21)14-5-6-15(23-14)17(22)19-11-13-4-7-16(18-10-13)20-8-2-3-9-20/h4-7,10H,2-3,8-9,11H2,1H3,(H,19,22). The molecule has 3 heterocycles. The fourth-order valence-electron chi connectivity index (χ4n) is 2.57. The lowest BCUT2D eigenvalue weighted by atomic mass is 10.2. The zero-order valence-corrected chi connectivity index (χ0v) is 13.9. The molecule has 0 saturated carbocycles. The van der Waals surface area contributed by atoms with Crippen LogP contribution in [0.5, 0.6) is 0 Å². The number of hydrogen-bond donors (Lipinski definition) is 1. The van der Waals surface area contributed by atoms with Crippen LogP contribution in [0.3, 0.4) is 0 Å². The molecule has 0 aliphatic carbocycles. The first-order valence-corrected chi connectivity index (χ1v) is 8.54. The summed E-state index contributed by atoms with van der Waals surface area (Å²) in [5.74, 6) is 0.823. The largest absolute Gasteiger partial charge is 0.357 e. The molecule has 0 radical (unpaired) electrons. The van der Waals surface area contributed by atoms with E-state index in [4.69, 9.17) is 0 Å². The molecule has 2 aromatic heterocycles. The Bertz CT molecular complexity index is 703. The first-order valence-electron chi connectivity index (χ1n) is 7.72. The quantitative estimate of drug-likeness (QED) is 0.857. The van der Waals surface area contributed by atoms with Crippen molar-refractivity contribution >= 4 is 28.8 Å². The third kappa shape index (κ3) is 3.76. The Balaban J connectivity index is 1.56. The van der Waals surface area contributed by atoms with Crippen LogP contribution in [0.15, 0.2) is 30.5 Å². The van der Waals surface area contributed by atoms with Crippen LogP contribution in [0.25, 0.3) is 0 Å². The molecule has 0 unspecified atom stereocenters. The summed E-state index contributed by atoms with van der Waals surface area (Å²) >= 11 is 1.22. The molecular weight excluding hydrogens is 310 g/mol. The Morgan fingerprint density at radius 1 is 1.17 bits per heavy atom. The molecule has 1 N–H and O–H groups in total. The number of rotatable bonds is 5. The van der Waals surface area contributed by atoms with E-state index in [1.165, 1.54) is 31.1 Å². The molecule has 1 aliphatic rings. The highest BCUT2D eigenvalue weighted by Crippen LogP contribution is 2.18. The van der Waals surface area contributed by atoms with Crippen LogP contribution >= 0.6 is 11.3 Å². The van der Waals surface area contributed by atoms with Crippen molar-refractivity contribution in [2.45, 2.75) is 26.3 Å². The van der Waals surface area contributed by atoms with E-state index in [-0.39, 0.29) is 11.7 Å². The zero-order valence-electron chi connectivity index (χ0n) is 13.0. The Labute approximate surface area is 139 Å². The van der Waals surface area contributed by atoms with E-state index in [2.05, 4.69) is 15.2 Å². The topological polar surface area (TPSA) is 62.3 Å². The highest BCUT2D eigenvalue weighted by Gasteiger charge is 2.14. The lowest BCUT2D eigenvalue weighted by Gasteiger charge is -2.16. The molecule has 3 rings (SSSR count). The van der Waals surface area contributed by atoms with Gasteiger partial charge in [-0.2, -0.15) is 0 Å². The van der Waals surface area contributed by atoms with E-state index in [0.29, 0.717) is 16.3 Å². The molecule has 0 bridgehead atoms. The van der Waals surface area contributed by atoms with Crippen LogP contribution in [0.4, 0.5) is 5.82 Å². The average Bonchev–Trinajstić information content (AvgIpc) is 3.24.